The van der Waals surface area contributed by atoms with Crippen LogP contribution in [0.3, 0.4) is 0 Å². The zero-order valence-corrected chi connectivity index (χ0v) is 13.9. The van der Waals surface area contributed by atoms with Crippen molar-refractivity contribution in [2.45, 2.75) is 58.7 Å². The molecule has 22 heavy (non-hydrogen) atoms. The molecule has 4 heteroatoms. The second-order valence-corrected chi connectivity index (χ2v) is 6.23. The number of hydrogen-bond acceptors (Lipinski definition) is 2. The Morgan fingerprint density at radius 3 is 2.23 bits per heavy atom. The summed E-state index contributed by atoms with van der Waals surface area (Å²) < 4.78 is 3.32. The van der Waals surface area contributed by atoms with Crippen molar-refractivity contribution in [3.05, 3.63) is 58.3 Å². The third-order valence-electron chi connectivity index (χ3n) is 4.21. The molecule has 4 nitrogen and oxygen atoms in total. The van der Waals surface area contributed by atoms with Crippen molar-refractivity contribution < 1.29 is 5.11 Å². The van der Waals surface area contributed by atoms with E-state index in [1.807, 2.05) is 6.92 Å². The van der Waals surface area contributed by atoms with Crippen LogP contribution >= 0.6 is 0 Å². The van der Waals surface area contributed by atoms with Gasteiger partial charge in [-0.25, -0.2) is 4.79 Å². The Kier molecular flexibility index (Phi) is 5.24. The molecule has 0 unspecified atom stereocenters. The van der Waals surface area contributed by atoms with Crippen molar-refractivity contribution in [1.82, 2.24) is 9.13 Å². The fraction of sp³-hybridized carbons (Fsp3) is 0.500. The smallest absolute Gasteiger partial charge is 0.328 e. The molecule has 0 bridgehead atoms. The fourth-order valence-corrected chi connectivity index (χ4v) is 2.78. The molecule has 1 aromatic heterocycles. The number of rotatable bonds is 6. The Morgan fingerprint density at radius 1 is 1.09 bits per heavy atom. The van der Waals surface area contributed by atoms with E-state index in [4.69, 9.17) is 0 Å². The average molecular weight is 302 g/mol. The van der Waals surface area contributed by atoms with Gasteiger partial charge in [0.25, 0.3) is 0 Å². The predicted octanol–water partition coefficient (Wildman–Crippen LogP) is 3.15. The van der Waals surface area contributed by atoms with Crippen LogP contribution in [-0.2, 0) is 6.54 Å². The summed E-state index contributed by atoms with van der Waals surface area (Å²) in [5.74, 6) is 0.509. The van der Waals surface area contributed by atoms with Gasteiger partial charge in [-0.05, 0) is 30.4 Å². The molecule has 0 aliphatic rings. The highest BCUT2D eigenvalue weighted by Crippen LogP contribution is 2.16. The van der Waals surface area contributed by atoms with E-state index in [-0.39, 0.29) is 11.7 Å². The normalized spacial score (nSPS) is 14.3. The Hall–Kier alpha value is -1.81. The van der Waals surface area contributed by atoms with Crippen LogP contribution in [0, 0.1) is 0 Å². The molecule has 0 amide bonds. The Morgan fingerprint density at radius 2 is 1.73 bits per heavy atom. The van der Waals surface area contributed by atoms with Crippen molar-refractivity contribution >= 4 is 0 Å². The molecule has 0 fully saturated rings. The van der Waals surface area contributed by atoms with Gasteiger partial charge in [-0.2, -0.15) is 0 Å². The summed E-state index contributed by atoms with van der Waals surface area (Å²) >= 11 is 0. The summed E-state index contributed by atoms with van der Waals surface area (Å²) in [6.45, 7) is 8.59. The summed E-state index contributed by atoms with van der Waals surface area (Å²) in [4.78, 5) is 12.5. The van der Waals surface area contributed by atoms with E-state index in [9.17, 15) is 9.90 Å². The minimum Gasteiger partial charge on any atom is -0.391 e. The van der Waals surface area contributed by atoms with Gasteiger partial charge in [-0.1, -0.05) is 45.0 Å². The molecule has 2 rings (SSSR count). The largest absolute Gasteiger partial charge is 0.391 e. The topological polar surface area (TPSA) is 47.2 Å². The summed E-state index contributed by atoms with van der Waals surface area (Å²) in [5.41, 5.74) is 2.34. The molecule has 0 saturated carbocycles. The van der Waals surface area contributed by atoms with Crippen molar-refractivity contribution in [1.29, 1.82) is 0 Å². The number of imidazole rings is 1. The first-order valence-corrected chi connectivity index (χ1v) is 7.98. The van der Waals surface area contributed by atoms with Crippen molar-refractivity contribution in [3.63, 3.8) is 0 Å². The maximum atomic E-state index is 12.5. The summed E-state index contributed by atoms with van der Waals surface area (Å²) in [6.07, 6.45) is 3.75. The molecule has 0 aliphatic carbocycles. The van der Waals surface area contributed by atoms with Crippen LogP contribution in [0.25, 0.3) is 0 Å². The monoisotopic (exact) mass is 302 g/mol. The van der Waals surface area contributed by atoms with Crippen molar-refractivity contribution in [2.24, 2.45) is 0 Å². The highest BCUT2D eigenvalue weighted by atomic mass is 16.3. The van der Waals surface area contributed by atoms with E-state index in [1.54, 1.807) is 28.5 Å². The number of hydrogen-bond donors (Lipinski definition) is 1. The Balaban J connectivity index is 2.21. The molecule has 1 aromatic carbocycles. The van der Waals surface area contributed by atoms with E-state index in [2.05, 4.69) is 38.1 Å². The lowest BCUT2D eigenvalue weighted by molar-refractivity contribution is 0.125. The Bertz CT molecular complexity index is 650. The van der Waals surface area contributed by atoms with Gasteiger partial charge in [0.1, 0.15) is 0 Å². The first kappa shape index (κ1) is 16.6. The number of nitrogens with zero attached hydrogens (tertiary/aromatic N) is 2. The molecule has 2 aromatic rings. The lowest BCUT2D eigenvalue weighted by Crippen LogP contribution is -2.32. The van der Waals surface area contributed by atoms with E-state index in [1.165, 1.54) is 5.56 Å². The first-order valence-electron chi connectivity index (χ1n) is 7.98. The zero-order chi connectivity index (χ0) is 16.3. The molecular weight excluding hydrogens is 276 g/mol. The van der Waals surface area contributed by atoms with Crippen molar-refractivity contribution in [2.75, 3.05) is 0 Å². The molecule has 2 atom stereocenters. The SMILES string of the molecule is CC[C@@H]([C@@H](C)O)n1ccn(Cc2ccc(C(C)C)cc2)c1=O. The second-order valence-electron chi connectivity index (χ2n) is 6.23. The molecule has 0 radical (unpaired) electrons. The van der Waals surface area contributed by atoms with Gasteiger partial charge in [-0.3, -0.25) is 9.13 Å². The maximum Gasteiger partial charge on any atom is 0.328 e. The highest BCUT2D eigenvalue weighted by molar-refractivity contribution is 5.24. The molecule has 1 heterocycles. The average Bonchev–Trinajstić information content (AvgIpc) is 2.82. The molecule has 0 spiro atoms. The Labute approximate surface area is 132 Å². The fourth-order valence-electron chi connectivity index (χ4n) is 2.78. The van der Waals surface area contributed by atoms with Crippen LogP contribution in [0.5, 0.6) is 0 Å². The van der Waals surface area contributed by atoms with Gasteiger partial charge < -0.3 is 5.11 Å². The van der Waals surface area contributed by atoms with Gasteiger partial charge in [0, 0.05) is 12.4 Å². The van der Waals surface area contributed by atoms with Crippen LogP contribution in [0.2, 0.25) is 0 Å². The van der Waals surface area contributed by atoms with E-state index in [0.29, 0.717) is 12.5 Å². The van der Waals surface area contributed by atoms with Gasteiger partial charge in [-0.15, -0.1) is 0 Å². The van der Waals surface area contributed by atoms with Crippen molar-refractivity contribution in [3.8, 4) is 0 Å². The van der Waals surface area contributed by atoms with Crippen LogP contribution in [-0.4, -0.2) is 20.3 Å². The summed E-state index contributed by atoms with van der Waals surface area (Å²) in [5, 5.41) is 9.80. The molecule has 1 N–H and O–H groups in total. The standard InChI is InChI=1S/C18H26N2O2/c1-5-17(14(4)21)20-11-10-19(18(20)22)12-15-6-8-16(9-7-15)13(2)3/h6-11,13-14,17,21H,5,12H2,1-4H3/t14-,17+/m1/s1. The molecule has 0 saturated heterocycles. The lowest BCUT2D eigenvalue weighted by Gasteiger charge is -2.18. The molecule has 120 valence electrons. The predicted molar refractivity (Wildman–Crippen MR) is 89.3 cm³/mol. The van der Waals surface area contributed by atoms with E-state index >= 15 is 0 Å². The van der Waals surface area contributed by atoms with Gasteiger partial charge in [0.05, 0.1) is 18.7 Å². The zero-order valence-electron chi connectivity index (χ0n) is 13.9. The minimum absolute atomic E-state index is 0.0688. The van der Waals surface area contributed by atoms with Gasteiger partial charge in [0.2, 0.25) is 0 Å². The third-order valence-corrected chi connectivity index (χ3v) is 4.21. The van der Waals surface area contributed by atoms with Gasteiger partial charge in [0.15, 0.2) is 0 Å². The maximum absolute atomic E-state index is 12.5. The summed E-state index contributed by atoms with van der Waals surface area (Å²) in [7, 11) is 0. The molecule has 0 aliphatic heterocycles. The minimum atomic E-state index is -0.538. The lowest BCUT2D eigenvalue weighted by atomic mass is 10.0. The van der Waals surface area contributed by atoms with Crippen LogP contribution in [0.15, 0.2) is 41.5 Å². The number of aromatic nitrogens is 2. The number of benzene rings is 1. The molecular formula is C18H26N2O2. The quantitative estimate of drug-likeness (QED) is 0.891. The summed E-state index contributed by atoms with van der Waals surface area (Å²) in [6, 6.07) is 8.22. The van der Waals surface area contributed by atoms with Crippen LogP contribution in [0.4, 0.5) is 0 Å². The number of aliphatic hydroxyl groups is 1. The van der Waals surface area contributed by atoms with Gasteiger partial charge >= 0.3 is 5.69 Å². The number of aliphatic hydroxyl groups excluding tert-OH is 1. The van der Waals surface area contributed by atoms with E-state index < -0.39 is 6.10 Å². The van der Waals surface area contributed by atoms with Crippen LogP contribution in [0.1, 0.15) is 57.2 Å². The highest BCUT2D eigenvalue weighted by Gasteiger charge is 2.17. The third kappa shape index (κ3) is 3.50. The second kappa shape index (κ2) is 6.97. The van der Waals surface area contributed by atoms with E-state index in [0.717, 1.165) is 12.0 Å². The van der Waals surface area contributed by atoms with Crippen LogP contribution < -0.4 is 5.69 Å². The first-order chi connectivity index (χ1) is 10.4.